The van der Waals surface area contributed by atoms with Crippen LogP contribution in [0.1, 0.15) is 18.5 Å². The van der Waals surface area contributed by atoms with Gasteiger partial charge in [0.1, 0.15) is 17.2 Å². The van der Waals surface area contributed by atoms with Gasteiger partial charge in [0.25, 0.3) is 0 Å². The SMILES string of the molecule is COc1cccc(Oc2ccc([C@@H](C)N)c(Br)c2)c1. The first kappa shape index (κ1) is 13.9. The van der Waals surface area contributed by atoms with Gasteiger partial charge in [0.2, 0.25) is 0 Å². The highest BCUT2D eigenvalue weighted by molar-refractivity contribution is 9.10. The second kappa shape index (κ2) is 6.08. The van der Waals surface area contributed by atoms with E-state index in [4.69, 9.17) is 15.2 Å². The van der Waals surface area contributed by atoms with Gasteiger partial charge in [-0.15, -0.1) is 0 Å². The number of halogens is 1. The monoisotopic (exact) mass is 321 g/mol. The van der Waals surface area contributed by atoms with Crippen LogP contribution >= 0.6 is 15.9 Å². The van der Waals surface area contributed by atoms with E-state index in [1.165, 1.54) is 0 Å². The molecule has 1 atom stereocenters. The number of hydrogen-bond acceptors (Lipinski definition) is 3. The Bertz CT molecular complexity index is 570. The minimum atomic E-state index is -0.0137. The minimum Gasteiger partial charge on any atom is -0.497 e. The van der Waals surface area contributed by atoms with Crippen molar-refractivity contribution in [1.29, 1.82) is 0 Å². The smallest absolute Gasteiger partial charge is 0.131 e. The molecule has 2 aromatic carbocycles. The summed E-state index contributed by atoms with van der Waals surface area (Å²) in [6, 6.07) is 13.3. The molecule has 2 rings (SSSR count). The summed E-state index contributed by atoms with van der Waals surface area (Å²) in [6.45, 7) is 1.95. The molecule has 19 heavy (non-hydrogen) atoms. The van der Waals surface area contributed by atoms with Crippen molar-refractivity contribution in [2.45, 2.75) is 13.0 Å². The van der Waals surface area contributed by atoms with Gasteiger partial charge in [0.15, 0.2) is 0 Å². The van der Waals surface area contributed by atoms with Crippen LogP contribution in [-0.4, -0.2) is 7.11 Å². The average molecular weight is 322 g/mol. The molecule has 2 N–H and O–H groups in total. The van der Waals surface area contributed by atoms with Crippen molar-refractivity contribution >= 4 is 15.9 Å². The van der Waals surface area contributed by atoms with Crippen molar-refractivity contribution in [2.24, 2.45) is 5.73 Å². The number of benzene rings is 2. The fraction of sp³-hybridized carbons (Fsp3) is 0.200. The van der Waals surface area contributed by atoms with Crippen molar-refractivity contribution in [1.82, 2.24) is 0 Å². The van der Waals surface area contributed by atoms with Gasteiger partial charge >= 0.3 is 0 Å². The van der Waals surface area contributed by atoms with Crippen LogP contribution in [0.2, 0.25) is 0 Å². The Morgan fingerprint density at radius 2 is 1.74 bits per heavy atom. The molecule has 0 saturated carbocycles. The van der Waals surface area contributed by atoms with Gasteiger partial charge in [-0.2, -0.15) is 0 Å². The molecule has 0 aliphatic carbocycles. The molecule has 0 bridgehead atoms. The second-order valence-electron chi connectivity index (χ2n) is 4.25. The molecule has 0 aliphatic rings. The molecule has 0 radical (unpaired) electrons. The number of methoxy groups -OCH3 is 1. The van der Waals surface area contributed by atoms with E-state index in [1.54, 1.807) is 7.11 Å². The Labute approximate surface area is 121 Å². The van der Waals surface area contributed by atoms with E-state index in [0.29, 0.717) is 0 Å². The Balaban J connectivity index is 2.21. The van der Waals surface area contributed by atoms with E-state index in [9.17, 15) is 0 Å². The maximum atomic E-state index is 5.87. The maximum absolute atomic E-state index is 5.87. The summed E-state index contributed by atoms with van der Waals surface area (Å²) in [5.41, 5.74) is 6.92. The Hall–Kier alpha value is -1.52. The lowest BCUT2D eigenvalue weighted by Crippen LogP contribution is -2.05. The molecule has 0 spiro atoms. The lowest BCUT2D eigenvalue weighted by molar-refractivity contribution is 0.409. The van der Waals surface area contributed by atoms with Crippen molar-refractivity contribution in [3.8, 4) is 17.2 Å². The summed E-state index contributed by atoms with van der Waals surface area (Å²) in [4.78, 5) is 0. The van der Waals surface area contributed by atoms with Crippen LogP contribution in [0.3, 0.4) is 0 Å². The highest BCUT2D eigenvalue weighted by atomic mass is 79.9. The first-order valence-electron chi connectivity index (χ1n) is 5.97. The average Bonchev–Trinajstić information content (AvgIpc) is 2.38. The predicted octanol–water partition coefficient (Wildman–Crippen LogP) is 4.27. The van der Waals surface area contributed by atoms with E-state index in [1.807, 2.05) is 49.4 Å². The lowest BCUT2D eigenvalue weighted by atomic mass is 10.1. The molecule has 0 unspecified atom stereocenters. The van der Waals surface area contributed by atoms with Crippen molar-refractivity contribution in [2.75, 3.05) is 7.11 Å². The number of rotatable bonds is 4. The molecule has 2 aromatic rings. The second-order valence-corrected chi connectivity index (χ2v) is 5.11. The molecule has 0 amide bonds. The zero-order valence-electron chi connectivity index (χ0n) is 10.9. The van der Waals surface area contributed by atoms with E-state index in [2.05, 4.69) is 15.9 Å². The van der Waals surface area contributed by atoms with Gasteiger partial charge in [-0.3, -0.25) is 0 Å². The summed E-state index contributed by atoms with van der Waals surface area (Å²) >= 11 is 3.50. The van der Waals surface area contributed by atoms with E-state index < -0.39 is 0 Å². The van der Waals surface area contributed by atoms with Crippen LogP contribution in [0.25, 0.3) is 0 Å². The predicted molar refractivity (Wildman–Crippen MR) is 79.8 cm³/mol. The zero-order chi connectivity index (χ0) is 13.8. The van der Waals surface area contributed by atoms with E-state index in [0.717, 1.165) is 27.3 Å². The Morgan fingerprint density at radius 1 is 1.05 bits per heavy atom. The van der Waals surface area contributed by atoms with Crippen LogP contribution in [-0.2, 0) is 0 Å². The molecular formula is C15H16BrNO2. The normalized spacial score (nSPS) is 12.0. The molecule has 0 aromatic heterocycles. The van der Waals surface area contributed by atoms with E-state index >= 15 is 0 Å². The van der Waals surface area contributed by atoms with Crippen LogP contribution in [0.4, 0.5) is 0 Å². The summed E-state index contributed by atoms with van der Waals surface area (Å²) in [7, 11) is 1.63. The Morgan fingerprint density at radius 3 is 2.37 bits per heavy atom. The third kappa shape index (κ3) is 3.49. The molecule has 0 aliphatic heterocycles. The first-order chi connectivity index (χ1) is 9.10. The van der Waals surface area contributed by atoms with E-state index in [-0.39, 0.29) is 6.04 Å². The zero-order valence-corrected chi connectivity index (χ0v) is 12.5. The van der Waals surface area contributed by atoms with Crippen LogP contribution < -0.4 is 15.2 Å². The molecule has 3 nitrogen and oxygen atoms in total. The Kier molecular flexibility index (Phi) is 4.45. The fourth-order valence-electron chi connectivity index (χ4n) is 1.74. The number of ether oxygens (including phenoxy) is 2. The molecule has 0 saturated heterocycles. The molecule has 0 heterocycles. The molecular weight excluding hydrogens is 306 g/mol. The molecule has 100 valence electrons. The van der Waals surface area contributed by atoms with Gasteiger partial charge in [0.05, 0.1) is 7.11 Å². The van der Waals surface area contributed by atoms with Crippen LogP contribution in [0.15, 0.2) is 46.9 Å². The van der Waals surface area contributed by atoms with Gasteiger partial charge in [-0.1, -0.05) is 28.1 Å². The number of hydrogen-bond donors (Lipinski definition) is 1. The van der Waals surface area contributed by atoms with Gasteiger partial charge < -0.3 is 15.2 Å². The molecule has 4 heteroatoms. The summed E-state index contributed by atoms with van der Waals surface area (Å²) in [6.07, 6.45) is 0. The quantitative estimate of drug-likeness (QED) is 0.914. The van der Waals surface area contributed by atoms with Crippen molar-refractivity contribution in [3.05, 3.63) is 52.5 Å². The van der Waals surface area contributed by atoms with Gasteiger partial charge in [0, 0.05) is 16.6 Å². The topological polar surface area (TPSA) is 44.5 Å². The fourth-order valence-corrected chi connectivity index (χ4v) is 2.46. The summed E-state index contributed by atoms with van der Waals surface area (Å²) in [5.74, 6) is 2.26. The summed E-state index contributed by atoms with van der Waals surface area (Å²) < 4.78 is 11.9. The lowest BCUT2D eigenvalue weighted by Gasteiger charge is -2.11. The third-order valence-electron chi connectivity index (χ3n) is 2.74. The molecule has 0 fully saturated rings. The standard InChI is InChI=1S/C15H16BrNO2/c1-10(17)14-7-6-13(9-15(14)16)19-12-5-3-4-11(8-12)18-2/h3-10H,17H2,1-2H3/t10-/m1/s1. The van der Waals surface area contributed by atoms with Crippen LogP contribution in [0.5, 0.6) is 17.2 Å². The highest BCUT2D eigenvalue weighted by Crippen LogP contribution is 2.30. The third-order valence-corrected chi connectivity index (χ3v) is 3.43. The largest absolute Gasteiger partial charge is 0.497 e. The number of nitrogens with two attached hydrogens (primary N) is 1. The van der Waals surface area contributed by atoms with Crippen molar-refractivity contribution in [3.63, 3.8) is 0 Å². The first-order valence-corrected chi connectivity index (χ1v) is 6.76. The van der Waals surface area contributed by atoms with Crippen LogP contribution in [0, 0.1) is 0 Å². The van der Waals surface area contributed by atoms with Gasteiger partial charge in [-0.25, -0.2) is 0 Å². The minimum absolute atomic E-state index is 0.0137. The van der Waals surface area contributed by atoms with Gasteiger partial charge in [-0.05, 0) is 36.8 Å². The summed E-state index contributed by atoms with van der Waals surface area (Å²) in [5, 5.41) is 0. The highest BCUT2D eigenvalue weighted by Gasteiger charge is 2.07. The maximum Gasteiger partial charge on any atom is 0.131 e. The van der Waals surface area contributed by atoms with Crippen molar-refractivity contribution < 1.29 is 9.47 Å².